The van der Waals surface area contributed by atoms with Gasteiger partial charge in [0.15, 0.2) is 6.61 Å². The molecule has 0 aromatic carbocycles. The third kappa shape index (κ3) is 3.10. The Kier molecular flexibility index (Phi) is 3.76. The van der Waals surface area contributed by atoms with Crippen molar-refractivity contribution in [2.45, 2.75) is 13.1 Å². The number of hydrogen-bond acceptors (Lipinski definition) is 4. The Labute approximate surface area is 100.0 Å². The van der Waals surface area contributed by atoms with Gasteiger partial charge in [-0.3, -0.25) is 4.79 Å². The molecule has 96 valence electrons. The largest absolute Gasteiger partial charge is 0.467 e. The first-order valence-corrected chi connectivity index (χ1v) is 4.65. The Balaban J connectivity index is 3.25. The topological polar surface area (TPSA) is 89.0 Å². The van der Waals surface area contributed by atoms with Gasteiger partial charge in [0, 0.05) is 0 Å². The van der Waals surface area contributed by atoms with Crippen molar-refractivity contribution in [1.82, 2.24) is 4.98 Å². The molecule has 1 rings (SSSR count). The van der Waals surface area contributed by atoms with Crippen LogP contribution >= 0.6 is 0 Å². The Hall–Kier alpha value is -2.30. The van der Waals surface area contributed by atoms with Crippen LogP contribution in [0.25, 0.3) is 0 Å². The van der Waals surface area contributed by atoms with E-state index in [4.69, 9.17) is 15.7 Å². The van der Waals surface area contributed by atoms with Gasteiger partial charge in [-0.2, -0.15) is 18.4 Å². The first kappa shape index (κ1) is 13.8. The maximum Gasteiger partial charge on any atom is 0.433 e. The summed E-state index contributed by atoms with van der Waals surface area (Å²) in [4.78, 5) is 13.7. The van der Waals surface area contributed by atoms with Gasteiger partial charge < -0.3 is 10.5 Å². The molecule has 2 N–H and O–H groups in total. The van der Waals surface area contributed by atoms with Crippen molar-refractivity contribution >= 4 is 5.91 Å². The number of aromatic nitrogens is 1. The summed E-state index contributed by atoms with van der Waals surface area (Å²) in [6.07, 6.45) is -4.66. The first-order valence-electron chi connectivity index (χ1n) is 4.65. The standard InChI is InChI=1S/C10H8F3N3O2/c1-5-2-7(10(11,12)13)16-9(6(5)3-14)18-4-8(15)17/h2H,4H2,1H3,(H2,15,17). The summed E-state index contributed by atoms with van der Waals surface area (Å²) in [5, 5.41) is 8.79. The third-order valence-electron chi connectivity index (χ3n) is 1.94. The molecule has 1 aromatic rings. The highest BCUT2D eigenvalue weighted by Crippen LogP contribution is 2.31. The second-order valence-corrected chi connectivity index (χ2v) is 3.37. The van der Waals surface area contributed by atoms with Crippen LogP contribution in [0.15, 0.2) is 6.07 Å². The molecular weight excluding hydrogens is 251 g/mol. The molecule has 0 unspecified atom stereocenters. The predicted molar refractivity (Wildman–Crippen MR) is 53.4 cm³/mol. The summed E-state index contributed by atoms with van der Waals surface area (Å²) in [6.45, 7) is 0.662. The van der Waals surface area contributed by atoms with Crippen molar-refractivity contribution < 1.29 is 22.7 Å². The number of hydrogen-bond donors (Lipinski definition) is 1. The lowest BCUT2D eigenvalue weighted by molar-refractivity contribution is -0.141. The maximum absolute atomic E-state index is 12.5. The molecule has 8 heteroatoms. The minimum Gasteiger partial charge on any atom is -0.467 e. The quantitative estimate of drug-likeness (QED) is 0.881. The number of ether oxygens (including phenoxy) is 1. The van der Waals surface area contributed by atoms with E-state index in [1.165, 1.54) is 6.92 Å². The molecule has 0 spiro atoms. The summed E-state index contributed by atoms with van der Waals surface area (Å²) < 4.78 is 42.2. The lowest BCUT2D eigenvalue weighted by atomic mass is 10.1. The van der Waals surface area contributed by atoms with Crippen LogP contribution in [0.4, 0.5) is 13.2 Å². The van der Waals surface area contributed by atoms with Crippen molar-refractivity contribution in [3.8, 4) is 11.9 Å². The Bertz CT molecular complexity index is 520. The van der Waals surface area contributed by atoms with Gasteiger partial charge in [0.25, 0.3) is 5.91 Å². The van der Waals surface area contributed by atoms with Gasteiger partial charge in [0.1, 0.15) is 17.3 Å². The van der Waals surface area contributed by atoms with E-state index in [1.807, 2.05) is 0 Å². The summed E-state index contributed by atoms with van der Waals surface area (Å²) in [7, 11) is 0. The number of alkyl halides is 3. The fourth-order valence-electron chi connectivity index (χ4n) is 1.17. The number of nitriles is 1. The molecule has 0 fully saturated rings. The summed E-state index contributed by atoms with van der Waals surface area (Å²) in [5.74, 6) is -1.43. The van der Waals surface area contributed by atoms with E-state index < -0.39 is 30.3 Å². The third-order valence-corrected chi connectivity index (χ3v) is 1.94. The van der Waals surface area contributed by atoms with Crippen LogP contribution in [0.5, 0.6) is 5.88 Å². The number of primary amides is 1. The van der Waals surface area contributed by atoms with Gasteiger partial charge in [-0.25, -0.2) is 4.98 Å². The number of carbonyl (C=O) groups is 1. The van der Waals surface area contributed by atoms with Crippen LogP contribution in [-0.2, 0) is 11.0 Å². The number of pyridine rings is 1. The molecule has 1 aromatic heterocycles. The van der Waals surface area contributed by atoms with Gasteiger partial charge in [0.05, 0.1) is 0 Å². The van der Waals surface area contributed by atoms with E-state index in [-0.39, 0.29) is 11.1 Å². The van der Waals surface area contributed by atoms with Crippen LogP contribution in [0, 0.1) is 18.3 Å². The van der Waals surface area contributed by atoms with Crippen LogP contribution in [0.2, 0.25) is 0 Å². The van der Waals surface area contributed by atoms with Crippen molar-refractivity contribution in [1.29, 1.82) is 5.26 Å². The normalized spacial score (nSPS) is 10.8. The van der Waals surface area contributed by atoms with Gasteiger partial charge in [-0.15, -0.1) is 0 Å². The fourth-order valence-corrected chi connectivity index (χ4v) is 1.17. The number of halogens is 3. The molecule has 0 aliphatic carbocycles. The molecule has 0 bridgehead atoms. The highest BCUT2D eigenvalue weighted by molar-refractivity contribution is 5.75. The predicted octanol–water partition coefficient (Wildman–Crippen LogP) is 1.14. The van der Waals surface area contributed by atoms with Crippen LogP contribution in [0.1, 0.15) is 16.8 Å². The maximum atomic E-state index is 12.5. The van der Waals surface area contributed by atoms with Crippen molar-refractivity contribution in [2.24, 2.45) is 5.73 Å². The van der Waals surface area contributed by atoms with Gasteiger partial charge >= 0.3 is 6.18 Å². The molecule has 0 aliphatic heterocycles. The molecule has 18 heavy (non-hydrogen) atoms. The van der Waals surface area contributed by atoms with Crippen molar-refractivity contribution in [3.63, 3.8) is 0 Å². The van der Waals surface area contributed by atoms with Gasteiger partial charge in [0.2, 0.25) is 5.88 Å². The number of aryl methyl sites for hydroxylation is 1. The molecule has 5 nitrogen and oxygen atoms in total. The van der Waals surface area contributed by atoms with Crippen LogP contribution in [0.3, 0.4) is 0 Å². The van der Waals surface area contributed by atoms with Crippen molar-refractivity contribution in [3.05, 3.63) is 22.9 Å². The number of nitrogens with zero attached hydrogens (tertiary/aromatic N) is 2. The molecule has 0 saturated heterocycles. The van der Waals surface area contributed by atoms with E-state index in [9.17, 15) is 18.0 Å². The molecule has 0 atom stereocenters. The lowest BCUT2D eigenvalue weighted by Gasteiger charge is -2.11. The highest BCUT2D eigenvalue weighted by atomic mass is 19.4. The van der Waals surface area contributed by atoms with Crippen LogP contribution in [-0.4, -0.2) is 17.5 Å². The first-order chi connectivity index (χ1) is 8.25. The summed E-state index contributed by atoms with van der Waals surface area (Å²) in [5.41, 5.74) is 3.49. The van der Waals surface area contributed by atoms with E-state index in [0.29, 0.717) is 0 Å². The highest BCUT2D eigenvalue weighted by Gasteiger charge is 2.34. The number of rotatable bonds is 3. The SMILES string of the molecule is Cc1cc(C(F)(F)F)nc(OCC(N)=O)c1C#N. The van der Waals surface area contributed by atoms with E-state index in [0.717, 1.165) is 6.07 Å². The molecule has 0 saturated carbocycles. The zero-order valence-electron chi connectivity index (χ0n) is 9.21. The van der Waals surface area contributed by atoms with Gasteiger partial charge in [-0.1, -0.05) is 0 Å². The zero-order chi connectivity index (χ0) is 13.9. The minimum atomic E-state index is -4.66. The van der Waals surface area contributed by atoms with E-state index in [2.05, 4.69) is 4.98 Å². The molecule has 1 heterocycles. The smallest absolute Gasteiger partial charge is 0.433 e. The second-order valence-electron chi connectivity index (χ2n) is 3.37. The molecular formula is C10H8F3N3O2. The number of carbonyl (C=O) groups excluding carboxylic acids is 1. The molecule has 1 amide bonds. The van der Waals surface area contributed by atoms with Crippen LogP contribution < -0.4 is 10.5 Å². The van der Waals surface area contributed by atoms with Crippen molar-refractivity contribution in [2.75, 3.05) is 6.61 Å². The van der Waals surface area contributed by atoms with Gasteiger partial charge in [-0.05, 0) is 18.6 Å². The fraction of sp³-hybridized carbons (Fsp3) is 0.300. The minimum absolute atomic E-state index is 0.0549. The molecule has 0 aliphatic rings. The molecule has 0 radical (unpaired) electrons. The Morgan fingerprint density at radius 3 is 2.67 bits per heavy atom. The number of nitrogens with two attached hydrogens (primary N) is 1. The lowest BCUT2D eigenvalue weighted by Crippen LogP contribution is -2.21. The monoisotopic (exact) mass is 259 g/mol. The zero-order valence-corrected chi connectivity index (χ0v) is 9.21. The Morgan fingerprint density at radius 2 is 2.22 bits per heavy atom. The summed E-state index contributed by atoms with van der Waals surface area (Å²) in [6, 6.07) is 2.39. The average molecular weight is 259 g/mol. The van der Waals surface area contributed by atoms with E-state index in [1.54, 1.807) is 6.07 Å². The number of amides is 1. The average Bonchev–Trinajstić information content (AvgIpc) is 2.24. The Morgan fingerprint density at radius 1 is 1.61 bits per heavy atom. The van der Waals surface area contributed by atoms with E-state index >= 15 is 0 Å². The second kappa shape index (κ2) is 4.91. The summed E-state index contributed by atoms with van der Waals surface area (Å²) >= 11 is 0.